The van der Waals surface area contributed by atoms with Crippen LogP contribution in [-0.2, 0) is 4.39 Å². The molecular formula is FIOS. The van der Waals surface area contributed by atoms with Crippen LogP contribution in [0.1, 0.15) is 0 Å². The Hall–Kier alpha value is 0.970. The first-order valence-electron chi connectivity index (χ1n) is 0.475. The predicted molar refractivity (Wildman–Crippen MR) is 23.8 cm³/mol. The lowest BCUT2D eigenvalue weighted by atomic mass is 15.6. The maximum atomic E-state index is 10.2. The second-order valence-electron chi connectivity index (χ2n) is 0.126. The summed E-state index contributed by atoms with van der Waals surface area (Å²) >= 11 is 1.67. The lowest BCUT2D eigenvalue weighted by Gasteiger charge is -1.62. The van der Waals surface area contributed by atoms with Crippen molar-refractivity contribution in [3.8, 4) is 0 Å². The molecule has 0 aromatic heterocycles. The van der Waals surface area contributed by atoms with E-state index in [9.17, 15) is 4.53 Å². The Morgan fingerprint density at radius 2 is 2.25 bits per heavy atom. The minimum absolute atomic E-state index is 0.660. The molecule has 0 heterocycles. The van der Waals surface area contributed by atoms with E-state index in [0.717, 1.165) is 0 Å². The van der Waals surface area contributed by atoms with Gasteiger partial charge in [-0.05, 0) is 4.53 Å². The third-order valence-electron chi connectivity index (χ3n) is 0.0238. The van der Waals surface area contributed by atoms with E-state index in [1.54, 1.807) is 21.2 Å². The highest BCUT2D eigenvalue weighted by molar-refractivity contribution is 14.2. The molecule has 0 rings (SSSR count). The molecule has 0 radical (unpaired) electrons. The first kappa shape index (κ1) is 4.97. The van der Waals surface area contributed by atoms with Gasteiger partial charge in [-0.25, -0.2) is 0 Å². The van der Waals surface area contributed by atoms with Crippen LogP contribution in [-0.4, -0.2) is 0 Å². The van der Waals surface area contributed by atoms with Crippen LogP contribution >= 0.6 is 30.4 Å². The lowest BCUT2D eigenvalue weighted by Crippen LogP contribution is -1.31. The second kappa shape index (κ2) is 3.97. The van der Waals surface area contributed by atoms with E-state index in [1.807, 2.05) is 0 Å². The van der Waals surface area contributed by atoms with Crippen LogP contribution in [0.5, 0.6) is 0 Å². The van der Waals surface area contributed by atoms with E-state index in [2.05, 4.69) is 4.39 Å². The number of hydrogen-bond donors (Lipinski definition) is 0. The van der Waals surface area contributed by atoms with Crippen molar-refractivity contribution in [2.45, 2.75) is 0 Å². The molecule has 0 aliphatic carbocycles. The van der Waals surface area contributed by atoms with E-state index in [0.29, 0.717) is 9.21 Å². The molecule has 0 N–H and O–H groups in total. The lowest BCUT2D eigenvalue weighted by molar-refractivity contribution is 0.0268. The molecule has 0 spiro atoms. The molecule has 0 saturated carbocycles. The minimum Gasteiger partial charge on any atom is -0.109 e. The topological polar surface area (TPSA) is 9.23 Å². The van der Waals surface area contributed by atoms with Crippen LogP contribution in [0.3, 0.4) is 0 Å². The molecule has 0 aliphatic rings. The van der Waals surface area contributed by atoms with Gasteiger partial charge in [0.25, 0.3) is 0 Å². The van der Waals surface area contributed by atoms with Gasteiger partial charge in [0.05, 0.1) is 0 Å². The fraction of sp³-hybridized carbons (Fsp3) is 0. The predicted octanol–water partition coefficient (Wildman–Crippen LogP) is 1.89. The summed E-state index contributed by atoms with van der Waals surface area (Å²) in [7, 11) is 0.660. The van der Waals surface area contributed by atoms with E-state index in [-0.39, 0.29) is 0 Å². The number of rotatable bonds is 1. The Kier molecular flexibility index (Phi) is 4.93. The van der Waals surface area contributed by atoms with Crippen molar-refractivity contribution >= 4 is 30.4 Å². The molecule has 0 unspecified atom stereocenters. The Bertz CT molecular complexity index is 10.0. The molecule has 0 atom stereocenters. The van der Waals surface area contributed by atoms with E-state index in [1.165, 1.54) is 0 Å². The van der Waals surface area contributed by atoms with Gasteiger partial charge < -0.3 is 0 Å². The van der Waals surface area contributed by atoms with Gasteiger partial charge in [0.1, 0.15) is 9.21 Å². The fourth-order valence-corrected chi connectivity index (χ4v) is 0. The summed E-state index contributed by atoms with van der Waals surface area (Å²) in [6.07, 6.45) is 0. The summed E-state index contributed by atoms with van der Waals surface area (Å²) < 4.78 is 13.1. The van der Waals surface area contributed by atoms with Gasteiger partial charge in [-0.15, -0.1) is 4.39 Å². The molecular weight excluding hydrogens is 194 g/mol. The van der Waals surface area contributed by atoms with Crippen LogP contribution in [0, 0.1) is 0 Å². The van der Waals surface area contributed by atoms with Crippen LogP contribution in [0.2, 0.25) is 0 Å². The summed E-state index contributed by atoms with van der Waals surface area (Å²) in [6.45, 7) is 0. The van der Waals surface area contributed by atoms with Gasteiger partial charge in [0.2, 0.25) is 0 Å². The normalized spacial score (nSPS) is 7.50. The van der Waals surface area contributed by atoms with Crippen molar-refractivity contribution in [1.29, 1.82) is 0 Å². The van der Waals surface area contributed by atoms with Gasteiger partial charge in [-0.2, -0.15) is 0 Å². The summed E-state index contributed by atoms with van der Waals surface area (Å²) in [6, 6.07) is 0. The van der Waals surface area contributed by atoms with Crippen molar-refractivity contribution in [1.82, 2.24) is 0 Å². The highest BCUT2D eigenvalue weighted by Gasteiger charge is 1.62. The van der Waals surface area contributed by atoms with Gasteiger partial charge in [0.15, 0.2) is 0 Å². The first-order valence-corrected chi connectivity index (χ1v) is 3.76. The van der Waals surface area contributed by atoms with Crippen LogP contribution in [0.4, 0.5) is 4.53 Å². The molecule has 0 amide bonds. The van der Waals surface area contributed by atoms with Crippen molar-refractivity contribution in [3.05, 3.63) is 0 Å². The maximum Gasteiger partial charge on any atom is 0.110 e. The Balaban J connectivity index is 1.97. The summed E-state index contributed by atoms with van der Waals surface area (Å²) in [5, 5.41) is 0. The number of hydrogen-bond acceptors (Lipinski definition) is 2. The molecule has 0 bridgehead atoms. The molecule has 0 fully saturated rings. The SMILES string of the molecule is FOSI. The molecule has 26 valence electrons. The monoisotopic (exact) mass is 194 g/mol. The summed E-state index contributed by atoms with van der Waals surface area (Å²) in [5.74, 6) is 0. The third-order valence-corrected chi connectivity index (χ3v) is 0.479. The van der Waals surface area contributed by atoms with Crippen molar-refractivity contribution < 1.29 is 8.91 Å². The van der Waals surface area contributed by atoms with Crippen molar-refractivity contribution in [2.24, 2.45) is 0 Å². The van der Waals surface area contributed by atoms with Crippen molar-refractivity contribution in [2.75, 3.05) is 0 Å². The summed E-state index contributed by atoms with van der Waals surface area (Å²) in [5.41, 5.74) is 0. The second-order valence-corrected chi connectivity index (χ2v) is 1.46. The standard InChI is InChI=1S/FIOS/c1-3-4-2. The number of halogens is 2. The maximum absolute atomic E-state index is 10.2. The average molecular weight is 194 g/mol. The Labute approximate surface area is 39.6 Å². The molecule has 0 saturated heterocycles. The molecule has 0 aliphatic heterocycles. The average Bonchev–Trinajstić information content (AvgIpc) is 1.37. The highest BCUT2D eigenvalue weighted by atomic mass is 127. The Morgan fingerprint density at radius 1 is 2.00 bits per heavy atom. The smallest absolute Gasteiger partial charge is 0.109 e. The zero-order chi connectivity index (χ0) is 3.41. The van der Waals surface area contributed by atoms with Crippen LogP contribution < -0.4 is 0 Å². The fourth-order valence-electron chi connectivity index (χ4n) is 0. The van der Waals surface area contributed by atoms with Crippen LogP contribution in [0.15, 0.2) is 0 Å². The highest BCUT2D eigenvalue weighted by Crippen LogP contribution is 2.10. The zero-order valence-corrected chi connectivity index (χ0v) is 4.55. The Morgan fingerprint density at radius 3 is 2.25 bits per heavy atom. The largest absolute Gasteiger partial charge is 0.110 e. The van der Waals surface area contributed by atoms with Gasteiger partial charge in [-0.1, -0.05) is 0 Å². The van der Waals surface area contributed by atoms with Gasteiger partial charge in [-0.3, -0.25) is 0 Å². The van der Waals surface area contributed by atoms with E-state index in [4.69, 9.17) is 0 Å². The van der Waals surface area contributed by atoms with E-state index < -0.39 is 0 Å². The molecule has 1 nitrogen and oxygen atoms in total. The molecule has 0 aromatic rings. The first-order chi connectivity index (χ1) is 1.91. The molecule has 4 heavy (non-hydrogen) atoms. The zero-order valence-electron chi connectivity index (χ0n) is 1.57. The van der Waals surface area contributed by atoms with Gasteiger partial charge in [0, 0.05) is 21.2 Å². The molecule has 0 aromatic carbocycles. The quantitative estimate of drug-likeness (QED) is 0.465. The van der Waals surface area contributed by atoms with Crippen LogP contribution in [0.25, 0.3) is 0 Å². The minimum atomic E-state index is 0.660. The third kappa shape index (κ3) is 2.97. The van der Waals surface area contributed by atoms with E-state index >= 15 is 0 Å². The van der Waals surface area contributed by atoms with Crippen molar-refractivity contribution in [3.63, 3.8) is 0 Å². The van der Waals surface area contributed by atoms with Gasteiger partial charge >= 0.3 is 0 Å². The molecule has 4 heteroatoms. The summed E-state index contributed by atoms with van der Waals surface area (Å²) in [4.78, 5) is 0.